The molecule has 6 heteroatoms. The molecule has 0 atom stereocenters. The second kappa shape index (κ2) is 9.67. The van der Waals surface area contributed by atoms with Crippen LogP contribution in [0.25, 0.3) is 11.1 Å². The van der Waals surface area contributed by atoms with E-state index < -0.39 is 42.1 Å². The van der Waals surface area contributed by atoms with E-state index in [1.165, 1.54) is 38.9 Å². The molecule has 2 saturated heterocycles. The third-order valence-electron chi connectivity index (χ3n) is 10.9. The van der Waals surface area contributed by atoms with Gasteiger partial charge >= 0.3 is 14.2 Å². The van der Waals surface area contributed by atoms with Gasteiger partial charge in [0, 0.05) is 0 Å². The summed E-state index contributed by atoms with van der Waals surface area (Å²) in [5, 5.41) is 0. The smallest absolute Gasteiger partial charge is 0.399 e. The first kappa shape index (κ1) is 29.6. The van der Waals surface area contributed by atoms with Crippen molar-refractivity contribution >= 4 is 25.2 Å². The van der Waals surface area contributed by atoms with Crippen molar-refractivity contribution in [2.75, 3.05) is 0 Å². The van der Waals surface area contributed by atoms with E-state index in [4.69, 9.17) is 18.6 Å². The van der Waals surface area contributed by atoms with E-state index in [-0.39, 0.29) is 0 Å². The minimum absolute atomic E-state index is 0.426. The maximum absolute atomic E-state index is 6.56. The SMILES string of the molecule is Cc1cccc(C2(c3ccccc3)c3cc(B4OC(C)(C)C(C)(C)O4)ccc3-c3ccc(B4OC(C)(C)C(C)(C)O4)cc32)c1. The Labute approximate surface area is 263 Å². The minimum atomic E-state index is -0.572. The molecule has 2 aliphatic heterocycles. The highest BCUT2D eigenvalue weighted by Crippen LogP contribution is 2.56. The largest absolute Gasteiger partial charge is 0.494 e. The molecule has 4 nitrogen and oxygen atoms in total. The van der Waals surface area contributed by atoms with Gasteiger partial charge in [0.05, 0.1) is 27.8 Å². The van der Waals surface area contributed by atoms with Crippen molar-refractivity contribution in [3.8, 4) is 11.1 Å². The molecule has 4 aromatic carbocycles. The van der Waals surface area contributed by atoms with Crippen molar-refractivity contribution in [3.63, 3.8) is 0 Å². The second-order valence-corrected chi connectivity index (χ2v) is 14.8. The molecular formula is C38H42B2O4. The van der Waals surface area contributed by atoms with Gasteiger partial charge in [-0.3, -0.25) is 0 Å². The van der Waals surface area contributed by atoms with E-state index in [0.717, 1.165) is 10.9 Å². The highest BCUT2D eigenvalue weighted by molar-refractivity contribution is 6.62. The summed E-state index contributed by atoms with van der Waals surface area (Å²) in [4.78, 5) is 0. The first-order chi connectivity index (χ1) is 20.7. The fourth-order valence-electron chi connectivity index (χ4n) is 6.97. The summed E-state index contributed by atoms with van der Waals surface area (Å²) >= 11 is 0. The molecule has 0 N–H and O–H groups in total. The molecule has 224 valence electrons. The van der Waals surface area contributed by atoms with Crippen LogP contribution in [0.4, 0.5) is 0 Å². The normalized spacial score (nSPS) is 21.8. The molecule has 0 bridgehead atoms. The molecule has 44 heavy (non-hydrogen) atoms. The van der Waals surface area contributed by atoms with Crippen LogP contribution in [0.3, 0.4) is 0 Å². The topological polar surface area (TPSA) is 36.9 Å². The van der Waals surface area contributed by atoms with Gasteiger partial charge in [0.1, 0.15) is 0 Å². The molecule has 0 saturated carbocycles. The van der Waals surface area contributed by atoms with Crippen molar-refractivity contribution in [1.29, 1.82) is 0 Å². The third kappa shape index (κ3) is 4.22. The Balaban J connectivity index is 1.48. The fourth-order valence-corrected chi connectivity index (χ4v) is 6.97. The highest BCUT2D eigenvalue weighted by atomic mass is 16.7. The lowest BCUT2D eigenvalue weighted by Gasteiger charge is -2.34. The molecule has 0 radical (unpaired) electrons. The van der Waals surface area contributed by atoms with Gasteiger partial charge < -0.3 is 18.6 Å². The van der Waals surface area contributed by atoms with Crippen LogP contribution in [-0.4, -0.2) is 36.6 Å². The molecule has 4 aromatic rings. The van der Waals surface area contributed by atoms with Crippen LogP contribution >= 0.6 is 0 Å². The van der Waals surface area contributed by atoms with Crippen LogP contribution in [0.1, 0.15) is 83.2 Å². The molecular weight excluding hydrogens is 542 g/mol. The Hall–Kier alpha value is -3.15. The van der Waals surface area contributed by atoms with E-state index in [9.17, 15) is 0 Å². The van der Waals surface area contributed by atoms with E-state index in [1.807, 2.05) is 0 Å². The first-order valence-electron chi connectivity index (χ1n) is 15.8. The molecule has 1 aliphatic carbocycles. The molecule has 0 amide bonds. The van der Waals surface area contributed by atoms with Gasteiger partial charge in [0.25, 0.3) is 0 Å². The van der Waals surface area contributed by atoms with Crippen LogP contribution in [0, 0.1) is 6.92 Å². The Kier molecular flexibility index (Phi) is 6.50. The van der Waals surface area contributed by atoms with E-state index in [2.05, 4.69) is 153 Å². The summed E-state index contributed by atoms with van der Waals surface area (Å²) < 4.78 is 26.2. The zero-order valence-electron chi connectivity index (χ0n) is 27.4. The molecule has 2 fully saturated rings. The second-order valence-electron chi connectivity index (χ2n) is 14.8. The van der Waals surface area contributed by atoms with Gasteiger partial charge in [-0.15, -0.1) is 0 Å². The van der Waals surface area contributed by atoms with Crippen molar-refractivity contribution < 1.29 is 18.6 Å². The summed E-state index contributed by atoms with van der Waals surface area (Å²) in [6.07, 6.45) is 0. The molecule has 0 spiro atoms. The number of aryl methyl sites for hydroxylation is 1. The fraction of sp³-hybridized carbons (Fsp3) is 0.368. The van der Waals surface area contributed by atoms with Gasteiger partial charge in [0.15, 0.2) is 0 Å². The summed E-state index contributed by atoms with van der Waals surface area (Å²) in [6.45, 7) is 19.0. The predicted octanol–water partition coefficient (Wildman–Crippen LogP) is 6.96. The van der Waals surface area contributed by atoms with Crippen molar-refractivity contribution in [2.24, 2.45) is 0 Å². The first-order valence-corrected chi connectivity index (χ1v) is 15.8. The van der Waals surface area contributed by atoms with Crippen LogP contribution < -0.4 is 10.9 Å². The van der Waals surface area contributed by atoms with E-state index in [0.29, 0.717) is 0 Å². The predicted molar refractivity (Wildman–Crippen MR) is 180 cm³/mol. The average Bonchev–Trinajstić information content (AvgIpc) is 3.47. The zero-order valence-corrected chi connectivity index (χ0v) is 27.4. The lowest BCUT2D eigenvalue weighted by Crippen LogP contribution is -2.41. The van der Waals surface area contributed by atoms with Gasteiger partial charge in [-0.25, -0.2) is 0 Å². The van der Waals surface area contributed by atoms with Crippen LogP contribution in [0.15, 0.2) is 91.0 Å². The van der Waals surface area contributed by atoms with E-state index >= 15 is 0 Å². The number of rotatable bonds is 4. The lowest BCUT2D eigenvalue weighted by atomic mass is 9.65. The number of benzene rings is 4. The highest BCUT2D eigenvalue weighted by Gasteiger charge is 2.55. The lowest BCUT2D eigenvalue weighted by molar-refractivity contribution is 0.00578. The number of hydrogen-bond acceptors (Lipinski definition) is 4. The maximum atomic E-state index is 6.56. The van der Waals surface area contributed by atoms with Crippen LogP contribution in [-0.2, 0) is 24.0 Å². The molecule has 7 rings (SSSR count). The van der Waals surface area contributed by atoms with Gasteiger partial charge in [0.2, 0.25) is 0 Å². The van der Waals surface area contributed by atoms with Crippen molar-refractivity contribution in [3.05, 3.63) is 119 Å². The monoisotopic (exact) mass is 584 g/mol. The average molecular weight is 584 g/mol. The summed E-state index contributed by atoms with van der Waals surface area (Å²) in [6, 6.07) is 33.3. The van der Waals surface area contributed by atoms with Crippen LogP contribution in [0.2, 0.25) is 0 Å². The zero-order chi connectivity index (χ0) is 31.3. The molecule has 2 heterocycles. The number of fused-ring (bicyclic) bond motifs is 3. The molecule has 0 unspecified atom stereocenters. The number of hydrogen-bond donors (Lipinski definition) is 0. The maximum Gasteiger partial charge on any atom is 0.494 e. The van der Waals surface area contributed by atoms with Gasteiger partial charge in [-0.2, -0.15) is 0 Å². The summed E-state index contributed by atoms with van der Waals surface area (Å²) in [5.74, 6) is 0. The molecule has 3 aliphatic rings. The third-order valence-corrected chi connectivity index (χ3v) is 10.9. The van der Waals surface area contributed by atoms with Gasteiger partial charge in [-0.05, 0) is 107 Å². The molecule has 0 aromatic heterocycles. The van der Waals surface area contributed by atoms with Crippen LogP contribution in [0.5, 0.6) is 0 Å². The Morgan fingerprint density at radius 1 is 0.455 bits per heavy atom. The summed E-state index contributed by atoms with van der Waals surface area (Å²) in [7, 11) is -0.916. The Bertz CT molecular complexity index is 1640. The summed E-state index contributed by atoms with van der Waals surface area (Å²) in [5.41, 5.74) is 8.30. The van der Waals surface area contributed by atoms with Gasteiger partial charge in [-0.1, -0.05) is 96.6 Å². The Morgan fingerprint density at radius 2 is 0.886 bits per heavy atom. The van der Waals surface area contributed by atoms with E-state index in [1.54, 1.807) is 0 Å². The Morgan fingerprint density at radius 3 is 1.32 bits per heavy atom. The standard InChI is InChI=1S/C38H42B2O4/c1-25-14-13-17-27(22-25)38(26-15-11-10-12-16-26)32-23-28(39-41-34(2,3)35(4,5)42-39)18-20-30(32)31-21-19-29(24-33(31)38)40-43-36(6,7)37(8,9)44-40/h10-24H,1-9H3. The minimum Gasteiger partial charge on any atom is -0.399 e. The van der Waals surface area contributed by atoms with Crippen molar-refractivity contribution in [1.82, 2.24) is 0 Å². The van der Waals surface area contributed by atoms with Crippen molar-refractivity contribution in [2.45, 2.75) is 90.1 Å². The quantitative estimate of drug-likeness (QED) is 0.214.